The minimum Gasteiger partial charge on any atom is -0.484 e. The van der Waals surface area contributed by atoms with E-state index in [4.69, 9.17) is 15.2 Å². The predicted molar refractivity (Wildman–Crippen MR) is 67.9 cm³/mol. The molecule has 1 aromatic rings. The summed E-state index contributed by atoms with van der Waals surface area (Å²) in [5, 5.41) is 10.9. The number of hydrogen-bond donors (Lipinski definition) is 1. The molecule has 0 aromatic heterocycles. The molecule has 0 aliphatic rings. The van der Waals surface area contributed by atoms with Crippen molar-refractivity contribution in [2.24, 2.45) is 5.73 Å². The maximum atomic E-state index is 10.9. The molecule has 0 atom stereocenters. The third kappa shape index (κ3) is 3.97. The van der Waals surface area contributed by atoms with Crippen LogP contribution >= 0.6 is 0 Å². The van der Waals surface area contributed by atoms with Crippen LogP contribution in [-0.4, -0.2) is 31.3 Å². The highest BCUT2D eigenvalue weighted by Crippen LogP contribution is 2.31. The Morgan fingerprint density at radius 3 is 2.61 bits per heavy atom. The summed E-state index contributed by atoms with van der Waals surface area (Å²) in [6.45, 7) is 5.14. The molecule has 0 aliphatic heterocycles. The van der Waals surface area contributed by atoms with Crippen LogP contribution in [0.4, 0.5) is 5.69 Å². The Morgan fingerprint density at radius 1 is 1.28 bits per heavy atom. The molecule has 0 saturated heterocycles. The van der Waals surface area contributed by atoms with Gasteiger partial charge in [0.2, 0.25) is 0 Å². The van der Waals surface area contributed by atoms with Gasteiger partial charge in [-0.05, 0) is 25.0 Å². The lowest BCUT2D eigenvalue weighted by atomic mass is 10.1. The van der Waals surface area contributed by atoms with Gasteiger partial charge in [-0.25, -0.2) is 0 Å². The van der Waals surface area contributed by atoms with Gasteiger partial charge in [0.05, 0.1) is 18.1 Å². The molecule has 0 heterocycles. The Balaban J connectivity index is 2.71. The van der Waals surface area contributed by atoms with E-state index in [2.05, 4.69) is 0 Å². The quantitative estimate of drug-likeness (QED) is 0.453. The molecule has 2 N–H and O–H groups in total. The van der Waals surface area contributed by atoms with E-state index in [-0.39, 0.29) is 12.3 Å². The van der Waals surface area contributed by atoms with Crippen LogP contribution in [0.5, 0.6) is 5.75 Å². The molecule has 0 spiro atoms. The maximum Gasteiger partial charge on any atom is 0.311 e. The summed E-state index contributed by atoms with van der Waals surface area (Å²) in [7, 11) is 0. The lowest BCUT2D eigenvalue weighted by Crippen LogP contribution is -2.13. The van der Waals surface area contributed by atoms with Crippen molar-refractivity contribution in [3.8, 4) is 5.75 Å². The van der Waals surface area contributed by atoms with Crippen LogP contribution in [0.25, 0.3) is 0 Å². The molecule has 0 amide bonds. The average Bonchev–Trinajstić information content (AvgIpc) is 2.30. The summed E-state index contributed by atoms with van der Waals surface area (Å²) in [5.41, 5.74) is 6.85. The summed E-state index contributed by atoms with van der Waals surface area (Å²) >= 11 is 0. The number of nitrogens with two attached hydrogens (primary N) is 1. The number of nitro groups is 1. The van der Waals surface area contributed by atoms with Crippen LogP contribution in [0.3, 0.4) is 0 Å². The van der Waals surface area contributed by atoms with Gasteiger partial charge in [0.15, 0.2) is 5.75 Å². The number of hydrogen-bond acceptors (Lipinski definition) is 5. The van der Waals surface area contributed by atoms with Gasteiger partial charge in [0.25, 0.3) is 0 Å². The van der Waals surface area contributed by atoms with Crippen LogP contribution in [0.1, 0.15) is 11.1 Å². The Kier molecular flexibility index (Phi) is 5.54. The van der Waals surface area contributed by atoms with Crippen molar-refractivity contribution in [3.05, 3.63) is 33.4 Å². The standard InChI is InChI=1S/C12H18N2O4/c1-9-7-10(2)12(11(8-9)14(15)16)18-6-5-17-4-3-13/h7-8H,3-6,13H2,1-2H3. The molecule has 1 rings (SSSR count). The topological polar surface area (TPSA) is 87.6 Å². The summed E-state index contributed by atoms with van der Waals surface area (Å²) in [5.74, 6) is 0.307. The van der Waals surface area contributed by atoms with Gasteiger partial charge >= 0.3 is 5.69 Å². The Hall–Kier alpha value is -1.66. The Labute approximate surface area is 106 Å². The van der Waals surface area contributed by atoms with Gasteiger partial charge in [0, 0.05) is 12.6 Å². The normalized spacial score (nSPS) is 10.4. The highest BCUT2D eigenvalue weighted by molar-refractivity contribution is 5.53. The van der Waals surface area contributed by atoms with Gasteiger partial charge < -0.3 is 15.2 Å². The zero-order valence-corrected chi connectivity index (χ0v) is 10.6. The second-order valence-corrected chi connectivity index (χ2v) is 3.94. The van der Waals surface area contributed by atoms with Gasteiger partial charge in [0.1, 0.15) is 6.61 Å². The average molecular weight is 254 g/mol. The van der Waals surface area contributed by atoms with Crippen LogP contribution in [0.2, 0.25) is 0 Å². The van der Waals surface area contributed by atoms with Gasteiger partial charge in [-0.15, -0.1) is 0 Å². The second kappa shape index (κ2) is 6.93. The van der Waals surface area contributed by atoms with E-state index in [0.29, 0.717) is 25.5 Å². The number of rotatable bonds is 7. The summed E-state index contributed by atoms with van der Waals surface area (Å²) in [6.07, 6.45) is 0. The molecule has 6 nitrogen and oxygen atoms in total. The SMILES string of the molecule is Cc1cc(C)c(OCCOCCN)c([N+](=O)[O-])c1. The fraction of sp³-hybridized carbons (Fsp3) is 0.500. The number of nitrogens with zero attached hydrogens (tertiary/aromatic N) is 1. The number of ether oxygens (including phenoxy) is 2. The van der Waals surface area contributed by atoms with E-state index in [1.54, 1.807) is 6.92 Å². The van der Waals surface area contributed by atoms with E-state index < -0.39 is 4.92 Å². The summed E-state index contributed by atoms with van der Waals surface area (Å²) < 4.78 is 10.6. The zero-order valence-electron chi connectivity index (χ0n) is 10.6. The van der Waals surface area contributed by atoms with Crippen molar-refractivity contribution in [1.29, 1.82) is 0 Å². The highest BCUT2D eigenvalue weighted by atomic mass is 16.6. The fourth-order valence-electron chi connectivity index (χ4n) is 1.64. The van der Waals surface area contributed by atoms with E-state index in [1.807, 2.05) is 13.0 Å². The first kappa shape index (κ1) is 14.4. The molecule has 0 saturated carbocycles. The van der Waals surface area contributed by atoms with Gasteiger partial charge in [-0.1, -0.05) is 6.07 Å². The van der Waals surface area contributed by atoms with Crippen LogP contribution in [-0.2, 0) is 4.74 Å². The molecule has 0 radical (unpaired) electrons. The largest absolute Gasteiger partial charge is 0.484 e. The van der Waals surface area contributed by atoms with Crippen LogP contribution < -0.4 is 10.5 Å². The first-order valence-corrected chi connectivity index (χ1v) is 5.72. The predicted octanol–water partition coefficient (Wildman–Crippen LogP) is 1.57. The first-order chi connectivity index (χ1) is 8.56. The molecule has 6 heteroatoms. The second-order valence-electron chi connectivity index (χ2n) is 3.94. The number of benzene rings is 1. The molecule has 0 fully saturated rings. The monoisotopic (exact) mass is 254 g/mol. The molecule has 0 bridgehead atoms. The highest BCUT2D eigenvalue weighted by Gasteiger charge is 2.18. The zero-order chi connectivity index (χ0) is 13.5. The lowest BCUT2D eigenvalue weighted by molar-refractivity contribution is -0.386. The van der Waals surface area contributed by atoms with Crippen molar-refractivity contribution >= 4 is 5.69 Å². The summed E-state index contributed by atoms with van der Waals surface area (Å²) in [6, 6.07) is 3.35. The maximum absolute atomic E-state index is 10.9. The van der Waals surface area contributed by atoms with Gasteiger partial charge in [-0.2, -0.15) is 0 Å². The van der Waals surface area contributed by atoms with Crippen molar-refractivity contribution in [2.45, 2.75) is 13.8 Å². The molecular formula is C12H18N2O4. The molecule has 18 heavy (non-hydrogen) atoms. The lowest BCUT2D eigenvalue weighted by Gasteiger charge is -2.10. The number of nitro benzene ring substituents is 1. The minimum absolute atomic E-state index is 0.00803. The van der Waals surface area contributed by atoms with Crippen molar-refractivity contribution in [1.82, 2.24) is 0 Å². The summed E-state index contributed by atoms with van der Waals surface area (Å²) in [4.78, 5) is 10.5. The molecule has 0 unspecified atom stereocenters. The fourth-order valence-corrected chi connectivity index (χ4v) is 1.64. The van der Waals surface area contributed by atoms with Gasteiger partial charge in [-0.3, -0.25) is 10.1 Å². The van der Waals surface area contributed by atoms with Crippen molar-refractivity contribution in [2.75, 3.05) is 26.4 Å². The molecular weight excluding hydrogens is 236 g/mol. The smallest absolute Gasteiger partial charge is 0.311 e. The molecule has 0 aliphatic carbocycles. The van der Waals surface area contributed by atoms with E-state index in [9.17, 15) is 10.1 Å². The third-order valence-corrected chi connectivity index (χ3v) is 2.33. The van der Waals surface area contributed by atoms with Crippen molar-refractivity contribution in [3.63, 3.8) is 0 Å². The third-order valence-electron chi connectivity index (χ3n) is 2.33. The van der Waals surface area contributed by atoms with E-state index >= 15 is 0 Å². The minimum atomic E-state index is -0.434. The molecule has 1 aromatic carbocycles. The first-order valence-electron chi connectivity index (χ1n) is 5.72. The molecule has 100 valence electrons. The van der Waals surface area contributed by atoms with E-state index in [1.165, 1.54) is 6.07 Å². The van der Waals surface area contributed by atoms with E-state index in [0.717, 1.165) is 11.1 Å². The Morgan fingerprint density at radius 2 is 2.00 bits per heavy atom. The Bertz CT molecular complexity index is 421. The van der Waals surface area contributed by atoms with Crippen LogP contribution in [0, 0.1) is 24.0 Å². The number of aryl methyl sites for hydroxylation is 2. The van der Waals surface area contributed by atoms with Crippen LogP contribution in [0.15, 0.2) is 12.1 Å². The van der Waals surface area contributed by atoms with Crippen molar-refractivity contribution < 1.29 is 14.4 Å².